The summed E-state index contributed by atoms with van der Waals surface area (Å²) < 4.78 is 5.36. The van der Waals surface area contributed by atoms with E-state index in [-0.39, 0.29) is 5.91 Å². The number of piperidine rings is 1. The fraction of sp³-hybridized carbons (Fsp3) is 0.435. The molecule has 4 heteroatoms. The highest BCUT2D eigenvalue weighted by atomic mass is 16.5. The Bertz CT molecular complexity index is 780. The number of para-hydroxylation sites is 1. The molecule has 2 aromatic rings. The number of nitrogens with zero attached hydrogens (tertiary/aromatic N) is 1. The first-order valence-electron chi connectivity index (χ1n) is 9.76. The molecule has 2 aromatic carbocycles. The molecule has 1 saturated heterocycles. The summed E-state index contributed by atoms with van der Waals surface area (Å²) in [6, 6.07) is 14.9. The first-order chi connectivity index (χ1) is 13.1. The molecule has 0 saturated carbocycles. The quantitative estimate of drug-likeness (QED) is 0.849. The zero-order valence-corrected chi connectivity index (χ0v) is 16.6. The third kappa shape index (κ3) is 5.10. The lowest BCUT2D eigenvalue weighted by molar-refractivity contribution is -0.131. The van der Waals surface area contributed by atoms with Gasteiger partial charge in [0.15, 0.2) is 0 Å². The molecule has 27 heavy (non-hydrogen) atoms. The molecule has 144 valence electrons. The average Bonchev–Trinajstić information content (AvgIpc) is 2.69. The summed E-state index contributed by atoms with van der Waals surface area (Å²) in [7, 11) is 1.65. The van der Waals surface area contributed by atoms with Crippen molar-refractivity contribution in [2.75, 3.05) is 20.2 Å². The van der Waals surface area contributed by atoms with Gasteiger partial charge in [-0.15, -0.1) is 0 Å². The highest BCUT2D eigenvalue weighted by Gasteiger charge is 2.23. The SMILES string of the molecule is COc1ccccc1CC(=O)N1CCC(NCc2ccc(C)c(C)c2)CC1. The molecule has 1 aliphatic rings. The zero-order valence-electron chi connectivity index (χ0n) is 16.6. The minimum absolute atomic E-state index is 0.187. The fourth-order valence-corrected chi connectivity index (χ4v) is 3.63. The molecule has 0 bridgehead atoms. The molecule has 4 nitrogen and oxygen atoms in total. The average molecular weight is 367 g/mol. The largest absolute Gasteiger partial charge is 0.496 e. The summed E-state index contributed by atoms with van der Waals surface area (Å²) in [5, 5.41) is 3.65. The van der Waals surface area contributed by atoms with Crippen molar-refractivity contribution < 1.29 is 9.53 Å². The van der Waals surface area contributed by atoms with Gasteiger partial charge in [-0.25, -0.2) is 0 Å². The van der Waals surface area contributed by atoms with Crippen LogP contribution in [0, 0.1) is 13.8 Å². The second-order valence-electron chi connectivity index (χ2n) is 7.44. The predicted molar refractivity (Wildman–Crippen MR) is 109 cm³/mol. The summed E-state index contributed by atoms with van der Waals surface area (Å²) in [6.07, 6.45) is 2.41. The maximum Gasteiger partial charge on any atom is 0.227 e. The van der Waals surface area contributed by atoms with E-state index in [0.29, 0.717) is 12.5 Å². The molecule has 1 amide bonds. The Kier molecular flexibility index (Phi) is 6.51. The van der Waals surface area contributed by atoms with Crippen molar-refractivity contribution in [3.05, 3.63) is 64.7 Å². The van der Waals surface area contributed by atoms with Gasteiger partial charge in [0, 0.05) is 31.2 Å². The number of carbonyl (C=O) groups excluding carboxylic acids is 1. The smallest absolute Gasteiger partial charge is 0.227 e. The van der Waals surface area contributed by atoms with Crippen LogP contribution in [0.3, 0.4) is 0 Å². The number of rotatable bonds is 6. The first-order valence-corrected chi connectivity index (χ1v) is 9.76. The lowest BCUT2D eigenvalue weighted by atomic mass is 10.0. The second kappa shape index (κ2) is 9.05. The van der Waals surface area contributed by atoms with Crippen LogP contribution in [0.2, 0.25) is 0 Å². The van der Waals surface area contributed by atoms with E-state index in [2.05, 4.69) is 37.4 Å². The fourth-order valence-electron chi connectivity index (χ4n) is 3.63. The predicted octanol–water partition coefficient (Wildman–Crippen LogP) is 3.64. The van der Waals surface area contributed by atoms with Gasteiger partial charge in [-0.05, 0) is 49.4 Å². The number of ether oxygens (including phenoxy) is 1. The number of likely N-dealkylation sites (tertiary alicyclic amines) is 1. The molecule has 1 fully saturated rings. The van der Waals surface area contributed by atoms with Gasteiger partial charge in [0.2, 0.25) is 5.91 Å². The standard InChI is InChI=1S/C23H30N2O2/c1-17-8-9-19(14-18(17)2)16-24-21-10-12-25(13-11-21)23(26)15-20-6-4-5-7-22(20)27-3/h4-9,14,21,24H,10-13,15-16H2,1-3H3. The molecule has 1 heterocycles. The Hall–Kier alpha value is -2.33. The number of benzene rings is 2. The van der Waals surface area contributed by atoms with Crippen LogP contribution >= 0.6 is 0 Å². The van der Waals surface area contributed by atoms with Crippen molar-refractivity contribution in [3.8, 4) is 5.75 Å². The Morgan fingerprint density at radius 2 is 1.85 bits per heavy atom. The second-order valence-corrected chi connectivity index (χ2v) is 7.44. The van der Waals surface area contributed by atoms with Gasteiger partial charge >= 0.3 is 0 Å². The molecule has 1 N–H and O–H groups in total. The molecule has 0 aliphatic carbocycles. The number of hydrogen-bond acceptors (Lipinski definition) is 3. The van der Waals surface area contributed by atoms with Gasteiger partial charge in [-0.2, -0.15) is 0 Å². The van der Waals surface area contributed by atoms with Gasteiger partial charge in [0.05, 0.1) is 13.5 Å². The van der Waals surface area contributed by atoms with E-state index in [1.54, 1.807) is 7.11 Å². The van der Waals surface area contributed by atoms with Crippen LogP contribution in [-0.2, 0) is 17.8 Å². The normalized spacial score (nSPS) is 15.0. The molecule has 0 atom stereocenters. The van der Waals surface area contributed by atoms with Crippen molar-refractivity contribution in [1.82, 2.24) is 10.2 Å². The van der Waals surface area contributed by atoms with E-state index >= 15 is 0 Å². The summed E-state index contributed by atoms with van der Waals surface area (Å²) in [6.45, 7) is 6.83. The Morgan fingerprint density at radius 1 is 1.11 bits per heavy atom. The highest BCUT2D eigenvalue weighted by Crippen LogP contribution is 2.20. The molecular formula is C23H30N2O2. The lowest BCUT2D eigenvalue weighted by Gasteiger charge is -2.32. The number of aryl methyl sites for hydroxylation is 2. The summed E-state index contributed by atoms with van der Waals surface area (Å²) >= 11 is 0. The molecule has 1 aliphatic heterocycles. The van der Waals surface area contributed by atoms with E-state index in [9.17, 15) is 4.79 Å². The van der Waals surface area contributed by atoms with E-state index in [1.165, 1.54) is 16.7 Å². The van der Waals surface area contributed by atoms with Gasteiger partial charge in [0.25, 0.3) is 0 Å². The third-order valence-electron chi connectivity index (χ3n) is 5.55. The van der Waals surface area contributed by atoms with Crippen molar-refractivity contribution in [2.45, 2.75) is 45.7 Å². The van der Waals surface area contributed by atoms with E-state index in [0.717, 1.165) is 43.8 Å². The Morgan fingerprint density at radius 3 is 2.56 bits per heavy atom. The zero-order chi connectivity index (χ0) is 19.2. The highest BCUT2D eigenvalue weighted by molar-refractivity contribution is 5.79. The maximum absolute atomic E-state index is 12.6. The number of amides is 1. The third-order valence-corrected chi connectivity index (χ3v) is 5.55. The molecule has 0 spiro atoms. The summed E-state index contributed by atoms with van der Waals surface area (Å²) in [5.74, 6) is 0.975. The molecule has 0 radical (unpaired) electrons. The van der Waals surface area contributed by atoms with Crippen LogP contribution < -0.4 is 10.1 Å². The minimum Gasteiger partial charge on any atom is -0.496 e. The van der Waals surface area contributed by atoms with Crippen molar-refractivity contribution in [1.29, 1.82) is 0 Å². The summed E-state index contributed by atoms with van der Waals surface area (Å²) in [4.78, 5) is 14.6. The van der Waals surface area contributed by atoms with Crippen molar-refractivity contribution in [3.63, 3.8) is 0 Å². The lowest BCUT2D eigenvalue weighted by Crippen LogP contribution is -2.45. The monoisotopic (exact) mass is 366 g/mol. The molecular weight excluding hydrogens is 336 g/mol. The van der Waals surface area contributed by atoms with E-state index in [1.807, 2.05) is 29.2 Å². The van der Waals surface area contributed by atoms with Crippen LogP contribution in [0.1, 0.15) is 35.1 Å². The summed E-state index contributed by atoms with van der Waals surface area (Å²) in [5.41, 5.74) is 4.96. The Labute approximate surface area is 162 Å². The first kappa shape index (κ1) is 19.4. The van der Waals surface area contributed by atoms with Crippen LogP contribution in [-0.4, -0.2) is 37.0 Å². The van der Waals surface area contributed by atoms with E-state index in [4.69, 9.17) is 4.74 Å². The van der Waals surface area contributed by atoms with Crippen LogP contribution in [0.15, 0.2) is 42.5 Å². The maximum atomic E-state index is 12.6. The van der Waals surface area contributed by atoms with Gasteiger partial charge < -0.3 is 15.0 Å². The van der Waals surface area contributed by atoms with Gasteiger partial charge in [0.1, 0.15) is 5.75 Å². The van der Waals surface area contributed by atoms with Gasteiger partial charge in [-0.1, -0.05) is 36.4 Å². The minimum atomic E-state index is 0.187. The number of nitrogens with one attached hydrogen (secondary N) is 1. The molecule has 3 rings (SSSR count). The van der Waals surface area contributed by atoms with Crippen LogP contribution in [0.25, 0.3) is 0 Å². The number of hydrogen-bond donors (Lipinski definition) is 1. The molecule has 0 aromatic heterocycles. The molecule has 0 unspecified atom stereocenters. The van der Waals surface area contributed by atoms with Crippen LogP contribution in [0.4, 0.5) is 0 Å². The number of carbonyl (C=O) groups is 1. The van der Waals surface area contributed by atoms with Crippen molar-refractivity contribution >= 4 is 5.91 Å². The topological polar surface area (TPSA) is 41.6 Å². The van der Waals surface area contributed by atoms with Crippen LogP contribution in [0.5, 0.6) is 5.75 Å². The Balaban J connectivity index is 1.46. The van der Waals surface area contributed by atoms with Gasteiger partial charge in [-0.3, -0.25) is 4.79 Å². The number of methoxy groups -OCH3 is 1. The van der Waals surface area contributed by atoms with Crippen molar-refractivity contribution in [2.24, 2.45) is 0 Å². The van der Waals surface area contributed by atoms with E-state index < -0.39 is 0 Å².